The summed E-state index contributed by atoms with van der Waals surface area (Å²) in [6.45, 7) is 0. The molecule has 1 spiro atoms. The van der Waals surface area contributed by atoms with Crippen LogP contribution in [0.2, 0.25) is 0 Å². The molecule has 4 rings (SSSR count). The molecule has 0 radical (unpaired) electrons. The average molecular weight is 332 g/mol. The summed E-state index contributed by atoms with van der Waals surface area (Å²) in [7, 11) is 0. The van der Waals surface area contributed by atoms with Crippen molar-refractivity contribution >= 4 is 11.8 Å². The van der Waals surface area contributed by atoms with Crippen molar-refractivity contribution in [1.82, 2.24) is 10.2 Å². The Bertz CT molecular complexity index is 494. The van der Waals surface area contributed by atoms with E-state index in [4.69, 9.17) is 0 Å². The third-order valence-electron chi connectivity index (χ3n) is 7.02. The van der Waals surface area contributed by atoms with Crippen molar-refractivity contribution in [3.05, 3.63) is 0 Å². The zero-order valence-corrected chi connectivity index (χ0v) is 14.9. The molecule has 1 saturated heterocycles. The zero-order chi connectivity index (χ0) is 16.6. The second-order valence-corrected chi connectivity index (χ2v) is 8.64. The molecule has 0 aromatic carbocycles. The van der Waals surface area contributed by atoms with Crippen LogP contribution in [0.5, 0.6) is 0 Å². The average Bonchev–Trinajstić information content (AvgIpc) is 3.18. The lowest BCUT2D eigenvalue weighted by Crippen LogP contribution is -2.43. The van der Waals surface area contributed by atoms with Gasteiger partial charge < -0.3 is 10.2 Å². The molecule has 134 valence electrons. The Balaban J connectivity index is 1.36. The van der Waals surface area contributed by atoms with E-state index >= 15 is 0 Å². The molecular weight excluding hydrogens is 300 g/mol. The van der Waals surface area contributed by atoms with Crippen molar-refractivity contribution in [1.29, 1.82) is 0 Å². The maximum atomic E-state index is 12.7. The van der Waals surface area contributed by atoms with Gasteiger partial charge in [-0.25, -0.2) is 0 Å². The first-order valence-corrected chi connectivity index (χ1v) is 10.3. The van der Waals surface area contributed by atoms with Gasteiger partial charge in [-0.1, -0.05) is 38.5 Å². The summed E-state index contributed by atoms with van der Waals surface area (Å²) in [6, 6.07) is 0.847. The maximum absolute atomic E-state index is 12.7. The molecule has 1 heterocycles. The normalized spacial score (nSPS) is 35.2. The monoisotopic (exact) mass is 332 g/mol. The fraction of sp³-hybridized carbons (Fsp3) is 0.900. The highest BCUT2D eigenvalue weighted by atomic mass is 16.2. The van der Waals surface area contributed by atoms with Crippen molar-refractivity contribution in [3.8, 4) is 0 Å². The van der Waals surface area contributed by atoms with Gasteiger partial charge in [0.05, 0.1) is 0 Å². The molecule has 0 bridgehead atoms. The Labute approximate surface area is 145 Å². The lowest BCUT2D eigenvalue weighted by Gasteiger charge is -2.32. The largest absolute Gasteiger partial charge is 0.353 e. The quantitative estimate of drug-likeness (QED) is 0.804. The first-order valence-electron chi connectivity index (χ1n) is 10.3. The van der Waals surface area contributed by atoms with Crippen LogP contribution in [-0.2, 0) is 9.59 Å². The molecule has 3 aliphatic carbocycles. The van der Waals surface area contributed by atoms with E-state index in [1.54, 1.807) is 0 Å². The molecule has 4 nitrogen and oxygen atoms in total. The Morgan fingerprint density at radius 3 is 2.29 bits per heavy atom. The van der Waals surface area contributed by atoms with Crippen molar-refractivity contribution < 1.29 is 9.59 Å². The minimum absolute atomic E-state index is 0.0539. The predicted octanol–water partition coefficient (Wildman–Crippen LogP) is 3.54. The number of nitrogens with one attached hydrogen (secondary N) is 1. The van der Waals surface area contributed by atoms with Gasteiger partial charge in [0.15, 0.2) is 0 Å². The van der Waals surface area contributed by atoms with Crippen LogP contribution in [0.4, 0.5) is 0 Å². The third-order valence-corrected chi connectivity index (χ3v) is 7.02. The zero-order valence-electron chi connectivity index (χ0n) is 14.9. The second-order valence-electron chi connectivity index (χ2n) is 8.64. The van der Waals surface area contributed by atoms with E-state index in [2.05, 4.69) is 10.2 Å². The highest BCUT2D eigenvalue weighted by Gasteiger charge is 2.65. The van der Waals surface area contributed by atoms with Crippen LogP contribution in [0.25, 0.3) is 0 Å². The van der Waals surface area contributed by atoms with E-state index in [0.29, 0.717) is 18.0 Å². The number of nitrogens with zero attached hydrogens (tertiary/aromatic N) is 1. The van der Waals surface area contributed by atoms with Crippen LogP contribution in [0.1, 0.15) is 89.9 Å². The van der Waals surface area contributed by atoms with Crippen molar-refractivity contribution in [2.75, 3.05) is 0 Å². The van der Waals surface area contributed by atoms with Crippen molar-refractivity contribution in [2.45, 2.75) is 108 Å². The van der Waals surface area contributed by atoms with Crippen LogP contribution < -0.4 is 5.32 Å². The van der Waals surface area contributed by atoms with Crippen LogP contribution in [0, 0.1) is 5.92 Å². The molecule has 4 aliphatic rings. The summed E-state index contributed by atoms with van der Waals surface area (Å²) >= 11 is 0. The van der Waals surface area contributed by atoms with Gasteiger partial charge in [0.2, 0.25) is 11.8 Å². The van der Waals surface area contributed by atoms with Gasteiger partial charge in [-0.05, 0) is 51.4 Å². The predicted molar refractivity (Wildman–Crippen MR) is 93.4 cm³/mol. The lowest BCUT2D eigenvalue weighted by atomic mass is 9.79. The van der Waals surface area contributed by atoms with Gasteiger partial charge in [0, 0.05) is 18.0 Å². The fourth-order valence-electron chi connectivity index (χ4n) is 5.62. The fourth-order valence-corrected chi connectivity index (χ4v) is 5.62. The molecule has 0 aromatic rings. The molecule has 4 fully saturated rings. The first kappa shape index (κ1) is 16.4. The molecular formula is C20H32N2O2. The molecule has 0 aromatic heterocycles. The second kappa shape index (κ2) is 6.68. The molecule has 2 unspecified atom stereocenters. The van der Waals surface area contributed by atoms with Crippen LogP contribution >= 0.6 is 0 Å². The van der Waals surface area contributed by atoms with E-state index in [1.807, 2.05) is 0 Å². The molecule has 24 heavy (non-hydrogen) atoms. The summed E-state index contributed by atoms with van der Waals surface area (Å²) in [4.78, 5) is 27.6. The number of amides is 2. The Morgan fingerprint density at radius 1 is 0.917 bits per heavy atom. The van der Waals surface area contributed by atoms with Gasteiger partial charge >= 0.3 is 0 Å². The number of carbonyl (C=O) groups excluding carboxylic acids is 2. The molecule has 2 amide bonds. The third kappa shape index (κ3) is 2.97. The van der Waals surface area contributed by atoms with E-state index < -0.39 is 0 Å². The molecule has 4 heteroatoms. The highest BCUT2D eigenvalue weighted by Crippen LogP contribution is 2.51. The number of rotatable bonds is 3. The smallest absolute Gasteiger partial charge is 0.249 e. The minimum Gasteiger partial charge on any atom is -0.353 e. The maximum Gasteiger partial charge on any atom is 0.249 e. The van der Waals surface area contributed by atoms with E-state index in [0.717, 1.165) is 38.5 Å². The van der Waals surface area contributed by atoms with Gasteiger partial charge in [-0.3, -0.25) is 9.59 Å². The first-order chi connectivity index (χ1) is 11.7. The van der Waals surface area contributed by atoms with Gasteiger partial charge in [-0.15, -0.1) is 0 Å². The summed E-state index contributed by atoms with van der Waals surface area (Å²) in [5.74, 6) is 0.632. The van der Waals surface area contributed by atoms with Crippen LogP contribution in [-0.4, -0.2) is 34.3 Å². The van der Waals surface area contributed by atoms with E-state index in [1.165, 1.54) is 51.4 Å². The van der Waals surface area contributed by atoms with E-state index in [9.17, 15) is 9.59 Å². The molecule has 1 N–H and O–H groups in total. The Kier molecular flexibility index (Phi) is 4.57. The Hall–Kier alpha value is -1.06. The number of carbonyl (C=O) groups is 2. The van der Waals surface area contributed by atoms with Gasteiger partial charge in [-0.2, -0.15) is 0 Å². The van der Waals surface area contributed by atoms with Gasteiger partial charge in [0.1, 0.15) is 5.54 Å². The van der Waals surface area contributed by atoms with E-state index in [-0.39, 0.29) is 17.4 Å². The van der Waals surface area contributed by atoms with Crippen molar-refractivity contribution in [2.24, 2.45) is 5.92 Å². The Morgan fingerprint density at radius 2 is 1.58 bits per heavy atom. The van der Waals surface area contributed by atoms with Crippen LogP contribution in [0.3, 0.4) is 0 Å². The summed E-state index contributed by atoms with van der Waals surface area (Å²) in [6.07, 6.45) is 16.0. The molecule has 3 saturated carbocycles. The minimum atomic E-state index is -0.255. The highest BCUT2D eigenvalue weighted by molar-refractivity contribution is 6.03. The van der Waals surface area contributed by atoms with Gasteiger partial charge in [0.25, 0.3) is 0 Å². The summed E-state index contributed by atoms with van der Waals surface area (Å²) in [5.41, 5.74) is -0.255. The lowest BCUT2D eigenvalue weighted by molar-refractivity contribution is -0.127. The summed E-state index contributed by atoms with van der Waals surface area (Å²) in [5, 5.41) is 3.29. The molecule has 2 atom stereocenters. The van der Waals surface area contributed by atoms with Crippen molar-refractivity contribution in [3.63, 3.8) is 0 Å². The number of hydrogen-bond acceptors (Lipinski definition) is 2. The standard InChI is InChI=1S/C20H32N2O2/c23-18(21-16-9-3-1-4-10-16)15-8-7-13-20(14-15)19(24)22(20)17-11-5-2-6-12-17/h15-17H,1-14H2,(H,21,23). The SMILES string of the molecule is O=C(NC1CCCCC1)C1CCCC2(C1)C(=O)N2C1CCCCC1. The number of hydrogen-bond donors (Lipinski definition) is 1. The van der Waals surface area contributed by atoms with Crippen LogP contribution in [0.15, 0.2) is 0 Å². The summed E-state index contributed by atoms with van der Waals surface area (Å²) < 4.78 is 0. The topological polar surface area (TPSA) is 49.2 Å². The molecule has 1 aliphatic heterocycles.